The Bertz CT molecular complexity index is 2220. The molecule has 4 saturated heterocycles. The number of phenolic OH excluding ortho intramolecular Hbond substituents is 2. The molecule has 16 atom stereocenters. The third kappa shape index (κ3) is 8.77. The molecule has 0 bridgehead atoms. The van der Waals surface area contributed by atoms with Gasteiger partial charge in [-0.05, 0) is 60.0 Å². The van der Waals surface area contributed by atoms with Gasteiger partial charge in [0.1, 0.15) is 95.2 Å². The highest BCUT2D eigenvalue weighted by molar-refractivity contribution is 6.04. The summed E-state index contributed by atoms with van der Waals surface area (Å²) in [6.07, 6.45) is -23.1. The summed E-state index contributed by atoms with van der Waals surface area (Å²) < 4.78 is 45.5. The van der Waals surface area contributed by atoms with Crippen molar-refractivity contribution in [3.05, 3.63) is 59.7 Å². The van der Waals surface area contributed by atoms with E-state index in [0.717, 1.165) is 0 Å². The fourth-order valence-corrected chi connectivity index (χ4v) is 8.53. The summed E-state index contributed by atoms with van der Waals surface area (Å²) in [5.41, 5.74) is -2.54. The molecule has 66 heavy (non-hydrogen) atoms. The Hall–Kier alpha value is -4.12. The molecule has 0 saturated carbocycles. The summed E-state index contributed by atoms with van der Waals surface area (Å²) in [5, 5.41) is 151. The van der Waals surface area contributed by atoms with Crippen LogP contribution in [-0.4, -0.2) is 209 Å². The van der Waals surface area contributed by atoms with Crippen LogP contribution in [0.25, 0.3) is 32.7 Å². The maximum Gasteiger partial charge on any atom is 0.229 e. The molecule has 4 heterocycles. The normalized spacial score (nSPS) is 37.2. The summed E-state index contributed by atoms with van der Waals surface area (Å²) in [6.45, 7) is -0.148. The Labute approximate surface area is 375 Å². The highest BCUT2D eigenvalue weighted by atomic mass is 16.7. The van der Waals surface area contributed by atoms with Crippen LogP contribution in [0, 0.1) is 13.8 Å². The fraction of sp³-hybridized carbons (Fsp3) is 0.545. The van der Waals surface area contributed by atoms with Crippen LogP contribution in [0.4, 0.5) is 0 Å². The number of benzene rings is 4. The second-order valence-corrected chi connectivity index (χ2v) is 17.3. The summed E-state index contributed by atoms with van der Waals surface area (Å²) in [4.78, 5) is 0. The topological polar surface area (TPSA) is 357 Å². The van der Waals surface area contributed by atoms with Crippen LogP contribution in [-0.2, 0) is 28.4 Å². The molecular formula is C44H54O22. The van der Waals surface area contributed by atoms with Crippen LogP contribution in [0.15, 0.2) is 48.5 Å². The van der Waals surface area contributed by atoms with Crippen molar-refractivity contribution in [1.29, 1.82) is 0 Å². The minimum Gasteiger partial charge on any atom is -0.507 e. The van der Waals surface area contributed by atoms with Gasteiger partial charge in [-0.15, -0.1) is 0 Å². The first-order chi connectivity index (χ1) is 31.3. The highest BCUT2D eigenvalue weighted by Crippen LogP contribution is 2.48. The van der Waals surface area contributed by atoms with Gasteiger partial charge in [0.05, 0.1) is 50.4 Å². The Kier molecular flexibility index (Phi) is 13.7. The molecule has 0 radical (unpaired) electrons. The van der Waals surface area contributed by atoms with E-state index in [4.69, 9.17) is 37.9 Å². The second kappa shape index (κ2) is 18.8. The predicted octanol–water partition coefficient (Wildman–Crippen LogP) is -3.02. The van der Waals surface area contributed by atoms with Crippen molar-refractivity contribution in [2.45, 2.75) is 111 Å². The molecule has 8 rings (SSSR count). The largest absolute Gasteiger partial charge is 0.507 e. The first-order valence-corrected chi connectivity index (χ1v) is 21.0. The number of ether oxygens (including phenoxy) is 8. The summed E-state index contributed by atoms with van der Waals surface area (Å²) >= 11 is 0. The van der Waals surface area contributed by atoms with E-state index in [1.54, 1.807) is 38.1 Å². The zero-order chi connectivity index (χ0) is 47.6. The third-order valence-electron chi connectivity index (χ3n) is 12.5. The lowest BCUT2D eigenvalue weighted by Gasteiger charge is -2.40. The number of rotatable bonds is 13. The SMILES string of the molecule is Cc1cc(O[C@@H]2O[C@H](CO[C@@H]3OC[C@](O)(CO)[C@H]3O)[C@@H](O)[C@H](O)[C@H]2O)c2c(O)c(-c3ccc4cc(C)cc(O[C@@H]5O[C@H](CO[C@@H]6OC[C@](O)(CO)[C@H]6O)[C@@H](O)[C@H](O)[C@H]5O)c4c3O)ccc2c1. The molecule has 4 aromatic rings. The predicted molar refractivity (Wildman–Crippen MR) is 222 cm³/mol. The van der Waals surface area contributed by atoms with Crippen molar-refractivity contribution < 1.29 is 109 Å². The standard InChI is InChI=1S/C44H54O22/c1-17-7-19-3-5-21(29(47)27(19)23(9-17)63-39-35(53)33(51)31(49)25(65-39)11-59-41-37(55)43(57,13-45)15-61-41)22-6-4-20-8-18(2)10-24(28(20)30(22)48)64-40-36(54)34(52)32(50)26(66-40)12-60-42-38(56)44(58,14-46)16-62-42/h3-10,25-26,31-42,45-58H,11-16H2,1-2H3/t25-,26-,31-,32-,33+,34+,35-,36-,37+,38+,39-,40-,41-,42-,43-,44-/m1/s1. The molecule has 362 valence electrons. The molecule has 4 aliphatic rings. The fourth-order valence-electron chi connectivity index (χ4n) is 8.53. The number of aromatic hydroxyl groups is 2. The summed E-state index contributed by atoms with van der Waals surface area (Å²) in [5.74, 6) is -0.887. The van der Waals surface area contributed by atoms with Gasteiger partial charge in [-0.25, -0.2) is 0 Å². The van der Waals surface area contributed by atoms with Crippen LogP contribution in [0.2, 0.25) is 0 Å². The molecule has 0 aliphatic carbocycles. The van der Waals surface area contributed by atoms with Crippen molar-refractivity contribution in [2.75, 3.05) is 39.6 Å². The average Bonchev–Trinajstić information content (AvgIpc) is 3.75. The lowest BCUT2D eigenvalue weighted by Crippen LogP contribution is -2.60. The Morgan fingerprint density at radius 1 is 0.530 bits per heavy atom. The average molecular weight is 935 g/mol. The van der Waals surface area contributed by atoms with Crippen LogP contribution < -0.4 is 9.47 Å². The molecule has 4 aliphatic heterocycles. The second-order valence-electron chi connectivity index (χ2n) is 17.3. The molecule has 4 aromatic carbocycles. The molecule has 0 spiro atoms. The monoisotopic (exact) mass is 934 g/mol. The number of fused-ring (bicyclic) bond motifs is 2. The molecule has 22 nitrogen and oxygen atoms in total. The maximum absolute atomic E-state index is 12.0. The van der Waals surface area contributed by atoms with E-state index >= 15 is 0 Å². The zero-order valence-electron chi connectivity index (χ0n) is 35.5. The lowest BCUT2D eigenvalue weighted by atomic mass is 9.94. The van der Waals surface area contributed by atoms with Crippen LogP contribution in [0.3, 0.4) is 0 Å². The van der Waals surface area contributed by atoms with E-state index in [0.29, 0.717) is 21.9 Å². The molecule has 14 N–H and O–H groups in total. The van der Waals surface area contributed by atoms with Crippen LogP contribution in [0.1, 0.15) is 11.1 Å². The van der Waals surface area contributed by atoms with Crippen molar-refractivity contribution in [3.8, 4) is 34.1 Å². The zero-order valence-corrected chi connectivity index (χ0v) is 35.5. The number of aryl methyl sites for hydroxylation is 2. The van der Waals surface area contributed by atoms with E-state index in [2.05, 4.69) is 0 Å². The van der Waals surface area contributed by atoms with Crippen LogP contribution >= 0.6 is 0 Å². The molecule has 22 heteroatoms. The molecule has 0 unspecified atom stereocenters. The summed E-state index contributed by atoms with van der Waals surface area (Å²) in [6, 6.07) is 12.8. The quantitative estimate of drug-likeness (QED) is 0.0634. The number of phenols is 2. The van der Waals surface area contributed by atoms with Gasteiger partial charge in [-0.2, -0.15) is 0 Å². The van der Waals surface area contributed by atoms with Crippen molar-refractivity contribution >= 4 is 21.5 Å². The molecule has 0 aromatic heterocycles. The first-order valence-electron chi connectivity index (χ1n) is 21.0. The Morgan fingerprint density at radius 3 is 1.26 bits per heavy atom. The molecule has 4 fully saturated rings. The highest BCUT2D eigenvalue weighted by Gasteiger charge is 2.52. The van der Waals surface area contributed by atoms with E-state index in [1.807, 2.05) is 0 Å². The first kappa shape index (κ1) is 48.3. The Morgan fingerprint density at radius 2 is 0.909 bits per heavy atom. The molecular weight excluding hydrogens is 880 g/mol. The number of aliphatic hydroxyl groups excluding tert-OH is 10. The van der Waals surface area contributed by atoms with E-state index < -0.39 is 149 Å². The lowest BCUT2D eigenvalue weighted by molar-refractivity contribution is -0.289. The van der Waals surface area contributed by atoms with Gasteiger partial charge in [-0.3, -0.25) is 0 Å². The smallest absolute Gasteiger partial charge is 0.229 e. The minimum absolute atomic E-state index is 0.0417. The van der Waals surface area contributed by atoms with Gasteiger partial charge in [0, 0.05) is 11.1 Å². The van der Waals surface area contributed by atoms with Crippen LogP contribution in [0.5, 0.6) is 23.0 Å². The maximum atomic E-state index is 12.0. The Balaban J connectivity index is 1.06. The van der Waals surface area contributed by atoms with Gasteiger partial charge in [0.15, 0.2) is 12.6 Å². The minimum atomic E-state index is -1.99. The van der Waals surface area contributed by atoms with Gasteiger partial charge in [-0.1, -0.05) is 24.3 Å². The van der Waals surface area contributed by atoms with Crippen molar-refractivity contribution in [3.63, 3.8) is 0 Å². The van der Waals surface area contributed by atoms with Crippen molar-refractivity contribution in [2.24, 2.45) is 0 Å². The van der Waals surface area contributed by atoms with E-state index in [9.17, 15) is 71.5 Å². The third-order valence-corrected chi connectivity index (χ3v) is 12.5. The van der Waals surface area contributed by atoms with Gasteiger partial charge >= 0.3 is 0 Å². The van der Waals surface area contributed by atoms with Gasteiger partial charge in [0.2, 0.25) is 12.6 Å². The number of hydrogen-bond acceptors (Lipinski definition) is 22. The van der Waals surface area contributed by atoms with Gasteiger partial charge in [0.25, 0.3) is 0 Å². The molecule has 0 amide bonds. The number of aliphatic hydroxyl groups is 12. The van der Waals surface area contributed by atoms with E-state index in [-0.39, 0.29) is 33.4 Å². The number of hydrogen-bond donors (Lipinski definition) is 14. The van der Waals surface area contributed by atoms with E-state index in [1.165, 1.54) is 24.3 Å². The van der Waals surface area contributed by atoms with Crippen molar-refractivity contribution in [1.82, 2.24) is 0 Å². The van der Waals surface area contributed by atoms with Gasteiger partial charge < -0.3 is 109 Å². The summed E-state index contributed by atoms with van der Waals surface area (Å²) in [7, 11) is 0.